The van der Waals surface area contributed by atoms with Gasteiger partial charge in [0.25, 0.3) is 0 Å². The lowest BCUT2D eigenvalue weighted by Crippen LogP contribution is -2.37. The zero-order valence-electron chi connectivity index (χ0n) is 11.8. The lowest BCUT2D eigenvalue weighted by Gasteiger charge is -2.32. The molecule has 6 nitrogen and oxygen atoms in total. The van der Waals surface area contributed by atoms with Crippen molar-refractivity contribution in [2.24, 2.45) is 11.7 Å². The molecule has 0 spiro atoms. The van der Waals surface area contributed by atoms with E-state index in [1.807, 2.05) is 4.90 Å². The number of primary amides is 1. The molecule has 21 heavy (non-hydrogen) atoms. The van der Waals surface area contributed by atoms with E-state index < -0.39 is 5.91 Å². The third-order valence-corrected chi connectivity index (χ3v) is 3.80. The van der Waals surface area contributed by atoms with E-state index in [4.69, 9.17) is 22.1 Å². The largest absolute Gasteiger partial charge is 0.466 e. The van der Waals surface area contributed by atoms with Crippen LogP contribution in [0.2, 0.25) is 5.02 Å². The van der Waals surface area contributed by atoms with Crippen LogP contribution in [-0.4, -0.2) is 36.6 Å². The molecule has 0 aliphatic carbocycles. The first kappa shape index (κ1) is 15.6. The van der Waals surface area contributed by atoms with Crippen LogP contribution in [0.1, 0.15) is 30.1 Å². The number of piperidine rings is 1. The van der Waals surface area contributed by atoms with Gasteiger partial charge in [-0.1, -0.05) is 11.6 Å². The summed E-state index contributed by atoms with van der Waals surface area (Å²) >= 11 is 6.15. The predicted octanol–water partition coefficient (Wildman–Crippen LogP) is 1.61. The van der Waals surface area contributed by atoms with Crippen LogP contribution in [0.5, 0.6) is 0 Å². The molecule has 0 radical (unpaired) electrons. The number of nitrogens with two attached hydrogens (primary N) is 1. The fourth-order valence-corrected chi connectivity index (χ4v) is 2.67. The summed E-state index contributed by atoms with van der Waals surface area (Å²) in [7, 11) is 0. The fourth-order valence-electron chi connectivity index (χ4n) is 2.39. The molecule has 1 aliphatic heterocycles. The third kappa shape index (κ3) is 3.64. The van der Waals surface area contributed by atoms with E-state index in [0.717, 1.165) is 0 Å². The van der Waals surface area contributed by atoms with Crippen molar-refractivity contribution >= 4 is 29.3 Å². The summed E-state index contributed by atoms with van der Waals surface area (Å²) in [5.74, 6) is -0.147. The van der Waals surface area contributed by atoms with Crippen molar-refractivity contribution in [3.05, 3.63) is 22.8 Å². The topological polar surface area (TPSA) is 85.5 Å². The van der Waals surface area contributed by atoms with Gasteiger partial charge in [-0.05, 0) is 25.8 Å². The van der Waals surface area contributed by atoms with Crippen molar-refractivity contribution < 1.29 is 14.3 Å². The number of amides is 1. The van der Waals surface area contributed by atoms with Gasteiger partial charge in [0.2, 0.25) is 5.91 Å². The molecule has 0 aromatic carbocycles. The van der Waals surface area contributed by atoms with Crippen molar-refractivity contribution in [1.29, 1.82) is 0 Å². The molecule has 7 heteroatoms. The highest BCUT2D eigenvalue weighted by Crippen LogP contribution is 2.28. The smallest absolute Gasteiger partial charge is 0.309 e. The maximum Gasteiger partial charge on any atom is 0.309 e. The Morgan fingerprint density at radius 3 is 2.67 bits per heavy atom. The van der Waals surface area contributed by atoms with Crippen molar-refractivity contribution in [3.8, 4) is 0 Å². The van der Waals surface area contributed by atoms with Gasteiger partial charge in [0.1, 0.15) is 5.82 Å². The molecule has 114 valence electrons. The Bertz CT molecular complexity index is 542. The normalized spacial score (nSPS) is 15.8. The van der Waals surface area contributed by atoms with Gasteiger partial charge in [0, 0.05) is 19.3 Å². The highest BCUT2D eigenvalue weighted by Gasteiger charge is 2.27. The van der Waals surface area contributed by atoms with Crippen LogP contribution in [0.25, 0.3) is 0 Å². The Morgan fingerprint density at radius 2 is 2.14 bits per heavy atom. The molecule has 1 aromatic heterocycles. The second kappa shape index (κ2) is 6.76. The molecule has 2 rings (SSSR count). The van der Waals surface area contributed by atoms with E-state index in [1.165, 1.54) is 12.3 Å². The van der Waals surface area contributed by atoms with Crippen molar-refractivity contribution in [2.75, 3.05) is 24.6 Å². The van der Waals surface area contributed by atoms with Crippen molar-refractivity contribution in [2.45, 2.75) is 19.8 Å². The average Bonchev–Trinajstić information content (AvgIpc) is 2.47. The number of halogens is 1. The van der Waals surface area contributed by atoms with Gasteiger partial charge in [-0.15, -0.1) is 0 Å². The summed E-state index contributed by atoms with van der Waals surface area (Å²) < 4.78 is 5.04. The molecule has 0 unspecified atom stereocenters. The molecule has 1 aliphatic rings. The first-order valence-electron chi connectivity index (χ1n) is 6.89. The minimum absolute atomic E-state index is 0.0649. The van der Waals surface area contributed by atoms with E-state index in [0.29, 0.717) is 43.4 Å². The summed E-state index contributed by atoms with van der Waals surface area (Å²) in [6.07, 6.45) is 2.82. The van der Waals surface area contributed by atoms with Crippen molar-refractivity contribution in [1.82, 2.24) is 4.98 Å². The molecule has 1 fully saturated rings. The highest BCUT2D eigenvalue weighted by atomic mass is 35.5. The monoisotopic (exact) mass is 311 g/mol. The van der Waals surface area contributed by atoms with Gasteiger partial charge in [-0.25, -0.2) is 4.98 Å². The van der Waals surface area contributed by atoms with Gasteiger partial charge >= 0.3 is 5.97 Å². The number of esters is 1. The predicted molar refractivity (Wildman–Crippen MR) is 79.3 cm³/mol. The number of carbonyl (C=O) groups excluding carboxylic acids is 2. The second-order valence-electron chi connectivity index (χ2n) is 4.91. The molecule has 1 aromatic rings. The lowest BCUT2D eigenvalue weighted by atomic mass is 9.97. The molecular formula is C14H18ClN3O3. The van der Waals surface area contributed by atoms with Gasteiger partial charge in [-0.2, -0.15) is 0 Å². The maximum absolute atomic E-state index is 11.7. The SMILES string of the molecule is CCOC(=O)C1CCN(c2ncc(C(N)=O)cc2Cl)CC1. The van der Waals surface area contributed by atoms with E-state index in [1.54, 1.807) is 6.92 Å². The number of ether oxygens (including phenoxy) is 1. The molecular weight excluding hydrogens is 294 g/mol. The minimum Gasteiger partial charge on any atom is -0.466 e. The van der Waals surface area contributed by atoms with Gasteiger partial charge in [0.15, 0.2) is 0 Å². The molecule has 2 N–H and O–H groups in total. The number of rotatable bonds is 4. The Hall–Kier alpha value is -1.82. The molecule has 2 heterocycles. The number of carbonyl (C=O) groups is 2. The number of anilines is 1. The first-order chi connectivity index (χ1) is 10.0. The quantitative estimate of drug-likeness (QED) is 0.854. The zero-order chi connectivity index (χ0) is 15.4. The number of pyridine rings is 1. The van der Waals surface area contributed by atoms with Crippen molar-refractivity contribution in [3.63, 3.8) is 0 Å². The minimum atomic E-state index is -0.558. The van der Waals surface area contributed by atoms with Crippen LogP contribution in [0.3, 0.4) is 0 Å². The van der Waals surface area contributed by atoms with E-state index in [-0.39, 0.29) is 17.5 Å². The standard InChI is InChI=1S/C14H18ClN3O3/c1-2-21-14(20)9-3-5-18(6-4-9)13-11(15)7-10(8-17-13)12(16)19/h7-9H,2-6H2,1H3,(H2,16,19). The Balaban J connectivity index is 2.02. The molecule has 0 saturated carbocycles. The fraction of sp³-hybridized carbons (Fsp3) is 0.500. The lowest BCUT2D eigenvalue weighted by molar-refractivity contribution is -0.148. The molecule has 0 bridgehead atoms. The Morgan fingerprint density at radius 1 is 1.48 bits per heavy atom. The van der Waals surface area contributed by atoms with Crippen LogP contribution in [0.4, 0.5) is 5.82 Å². The van der Waals surface area contributed by atoms with Crippen LogP contribution >= 0.6 is 11.6 Å². The first-order valence-corrected chi connectivity index (χ1v) is 7.27. The maximum atomic E-state index is 11.7. The van der Waals surface area contributed by atoms with Gasteiger partial charge in [0.05, 0.1) is 23.1 Å². The number of hydrogen-bond donors (Lipinski definition) is 1. The van der Waals surface area contributed by atoms with E-state index >= 15 is 0 Å². The molecule has 1 saturated heterocycles. The number of nitrogens with zero attached hydrogens (tertiary/aromatic N) is 2. The summed E-state index contributed by atoms with van der Waals surface area (Å²) in [5.41, 5.74) is 5.47. The highest BCUT2D eigenvalue weighted by molar-refractivity contribution is 6.33. The summed E-state index contributed by atoms with van der Waals surface area (Å²) in [4.78, 5) is 29.0. The Kier molecular flexibility index (Phi) is 5.01. The summed E-state index contributed by atoms with van der Waals surface area (Å²) in [6.45, 7) is 3.55. The molecule has 1 amide bonds. The third-order valence-electron chi connectivity index (χ3n) is 3.52. The second-order valence-corrected chi connectivity index (χ2v) is 5.31. The number of aromatic nitrogens is 1. The summed E-state index contributed by atoms with van der Waals surface area (Å²) in [6, 6.07) is 1.52. The van der Waals surface area contributed by atoms with E-state index in [9.17, 15) is 9.59 Å². The molecule has 0 atom stereocenters. The summed E-state index contributed by atoms with van der Waals surface area (Å²) in [5, 5.41) is 0.390. The van der Waals surface area contributed by atoms with Gasteiger partial charge in [-0.3, -0.25) is 9.59 Å². The Labute approximate surface area is 128 Å². The van der Waals surface area contributed by atoms with Crippen LogP contribution in [0.15, 0.2) is 12.3 Å². The zero-order valence-corrected chi connectivity index (χ0v) is 12.6. The van der Waals surface area contributed by atoms with Crippen LogP contribution < -0.4 is 10.6 Å². The van der Waals surface area contributed by atoms with E-state index in [2.05, 4.69) is 4.98 Å². The average molecular weight is 312 g/mol. The number of hydrogen-bond acceptors (Lipinski definition) is 5. The van der Waals surface area contributed by atoms with Crippen LogP contribution in [0, 0.1) is 5.92 Å². The van der Waals surface area contributed by atoms with Gasteiger partial charge < -0.3 is 15.4 Å². The van der Waals surface area contributed by atoms with Crippen LogP contribution in [-0.2, 0) is 9.53 Å².